The monoisotopic (exact) mass is 796 g/mol. The summed E-state index contributed by atoms with van der Waals surface area (Å²) in [6.07, 6.45) is 2.57. The number of carbonyl (C=O) groups excluding carboxylic acids is 2. The van der Waals surface area contributed by atoms with Gasteiger partial charge < -0.3 is 39.1 Å². The van der Waals surface area contributed by atoms with E-state index in [1.165, 1.54) is 0 Å². The fraction of sp³-hybridized carbons (Fsp3) is 0.632. The lowest BCUT2D eigenvalue weighted by Gasteiger charge is -2.38. The van der Waals surface area contributed by atoms with Crippen LogP contribution in [0.2, 0.25) is 51.4 Å². The highest BCUT2D eigenvalue weighted by Crippen LogP contribution is 2.22. The number of hydrogen-bond acceptors (Lipinski definition) is 10. The summed E-state index contributed by atoms with van der Waals surface area (Å²) in [5.74, 6) is 1.48. The lowest BCUT2D eigenvalue weighted by molar-refractivity contribution is -0.181. The molecule has 2 rings (SSSR count). The molecule has 294 valence electrons. The van der Waals surface area contributed by atoms with Crippen molar-refractivity contribution in [3.63, 3.8) is 0 Å². The molecule has 0 aliphatic carbocycles. The van der Waals surface area contributed by atoms with Gasteiger partial charge in [-0.2, -0.15) is 23.5 Å². The lowest BCUT2D eigenvalue weighted by atomic mass is 9.95. The van der Waals surface area contributed by atoms with E-state index >= 15 is 0 Å². The van der Waals surface area contributed by atoms with Crippen molar-refractivity contribution in [1.82, 2.24) is 10.6 Å². The van der Waals surface area contributed by atoms with Crippen molar-refractivity contribution in [3.05, 3.63) is 71.8 Å². The van der Waals surface area contributed by atoms with E-state index in [-0.39, 0.29) is 26.8 Å². The van der Waals surface area contributed by atoms with Crippen LogP contribution in [0.4, 0.5) is 9.59 Å². The van der Waals surface area contributed by atoms with E-state index in [2.05, 4.69) is 49.9 Å². The van der Waals surface area contributed by atoms with Crippen molar-refractivity contribution >= 4 is 51.9 Å². The molecule has 0 heterocycles. The van der Waals surface area contributed by atoms with Gasteiger partial charge in [0.1, 0.15) is 39.0 Å². The van der Waals surface area contributed by atoms with Crippen LogP contribution in [0, 0.1) is 0 Å². The standard InChI is InChI=1S/C38H64N2O8S2Si2/c1-49-23-19-33(39-37(41)45-27-31-15-11-9-12-16-31)35(47-29-43-21-25-51(3,4)5)36(48-30-44-22-26-52(6,7)8)34(20-24-50-2)40-38(42)46-28-32-17-13-10-14-18-32/h9-18,33-36H,19-30H2,1-8H3,(H,39,41)(H,40,42)/t33-,34-,35+,36+/m1/s1. The number of carbonyl (C=O) groups is 2. The zero-order chi connectivity index (χ0) is 38.2. The van der Waals surface area contributed by atoms with Gasteiger partial charge in [0.25, 0.3) is 0 Å². The molecular weight excluding hydrogens is 733 g/mol. The largest absolute Gasteiger partial charge is 0.445 e. The molecule has 0 saturated carbocycles. The second kappa shape index (κ2) is 25.9. The van der Waals surface area contributed by atoms with Gasteiger partial charge in [0, 0.05) is 29.4 Å². The molecule has 0 aliphatic heterocycles. The Labute approximate surface area is 323 Å². The topological polar surface area (TPSA) is 114 Å². The molecule has 0 spiro atoms. The van der Waals surface area contributed by atoms with Crippen LogP contribution in [-0.4, -0.2) is 103 Å². The second-order valence-electron chi connectivity index (χ2n) is 15.1. The van der Waals surface area contributed by atoms with Crippen molar-refractivity contribution < 1.29 is 38.0 Å². The van der Waals surface area contributed by atoms with E-state index in [1.54, 1.807) is 23.5 Å². The van der Waals surface area contributed by atoms with E-state index in [1.807, 2.05) is 73.2 Å². The van der Waals surface area contributed by atoms with E-state index in [0.29, 0.717) is 26.1 Å². The maximum Gasteiger partial charge on any atom is 0.407 e. The molecule has 0 aromatic heterocycles. The number of rotatable bonds is 27. The van der Waals surface area contributed by atoms with Crippen LogP contribution in [0.15, 0.2) is 60.7 Å². The highest BCUT2D eigenvalue weighted by atomic mass is 32.2. The fourth-order valence-electron chi connectivity index (χ4n) is 4.97. The molecule has 52 heavy (non-hydrogen) atoms. The minimum Gasteiger partial charge on any atom is -0.445 e. The second-order valence-corrected chi connectivity index (χ2v) is 28.3. The SMILES string of the molecule is CSCC[C@@H](NC(=O)OCc1ccccc1)[C@H](OCOCC[Si](C)(C)C)[C@@H](OCOCC[Si](C)(C)C)[C@@H](CCSC)NC(=O)OCc1ccccc1. The number of ether oxygens (including phenoxy) is 6. The quantitative estimate of drug-likeness (QED) is 0.0519. The molecule has 2 amide bonds. The summed E-state index contributed by atoms with van der Waals surface area (Å²) in [5, 5.41) is 6.18. The Hall–Kier alpha value is -2.05. The van der Waals surface area contributed by atoms with Crippen molar-refractivity contribution in [2.75, 3.05) is 50.8 Å². The minimum atomic E-state index is -1.34. The molecule has 14 heteroatoms. The first kappa shape index (κ1) is 46.1. The average Bonchev–Trinajstić information content (AvgIpc) is 3.10. The van der Waals surface area contributed by atoms with Gasteiger partial charge in [-0.25, -0.2) is 9.59 Å². The average molecular weight is 797 g/mol. The molecule has 2 aromatic carbocycles. The molecule has 0 unspecified atom stereocenters. The van der Waals surface area contributed by atoms with Gasteiger partial charge in [0.05, 0.1) is 12.1 Å². The Bertz CT molecular complexity index is 1140. The maximum absolute atomic E-state index is 13.4. The summed E-state index contributed by atoms with van der Waals surface area (Å²) < 4.78 is 36.5. The summed E-state index contributed by atoms with van der Waals surface area (Å²) in [4.78, 5) is 26.7. The van der Waals surface area contributed by atoms with Gasteiger partial charge in [0.15, 0.2) is 0 Å². The highest BCUT2D eigenvalue weighted by molar-refractivity contribution is 7.98. The van der Waals surface area contributed by atoms with Gasteiger partial charge >= 0.3 is 12.2 Å². The van der Waals surface area contributed by atoms with E-state index in [0.717, 1.165) is 34.7 Å². The zero-order valence-corrected chi connectivity index (χ0v) is 36.3. The number of hydrogen-bond donors (Lipinski definition) is 2. The first-order valence-electron chi connectivity index (χ1n) is 18.1. The van der Waals surface area contributed by atoms with Gasteiger partial charge in [-0.3, -0.25) is 0 Å². The third kappa shape index (κ3) is 21.6. The first-order chi connectivity index (χ1) is 24.8. The molecule has 0 fully saturated rings. The van der Waals surface area contributed by atoms with E-state index < -0.39 is 52.6 Å². The summed E-state index contributed by atoms with van der Waals surface area (Å²) >= 11 is 3.33. The van der Waals surface area contributed by atoms with Crippen LogP contribution in [0.1, 0.15) is 24.0 Å². The Kier molecular flexibility index (Phi) is 22.9. The minimum absolute atomic E-state index is 0.00427. The number of thioether (sulfide) groups is 2. The number of benzene rings is 2. The number of amides is 2. The lowest BCUT2D eigenvalue weighted by Crippen LogP contribution is -2.58. The van der Waals surface area contributed by atoms with Crippen molar-refractivity contribution in [2.45, 2.75) is 102 Å². The highest BCUT2D eigenvalue weighted by Gasteiger charge is 2.39. The zero-order valence-electron chi connectivity index (χ0n) is 32.7. The molecule has 0 bridgehead atoms. The molecule has 2 N–H and O–H groups in total. The fourth-order valence-corrected chi connectivity index (χ4v) is 7.46. The van der Waals surface area contributed by atoms with Crippen molar-refractivity contribution in [3.8, 4) is 0 Å². The molecular formula is C38H64N2O8S2Si2. The third-order valence-corrected chi connectivity index (χ3v) is 12.8. The van der Waals surface area contributed by atoms with Crippen LogP contribution in [0.25, 0.3) is 0 Å². The van der Waals surface area contributed by atoms with Crippen LogP contribution in [0.5, 0.6) is 0 Å². The summed E-state index contributed by atoms with van der Waals surface area (Å²) in [7, 11) is -2.67. The Morgan fingerprint density at radius 3 is 1.31 bits per heavy atom. The predicted octanol–water partition coefficient (Wildman–Crippen LogP) is 8.48. The van der Waals surface area contributed by atoms with E-state index in [4.69, 9.17) is 28.4 Å². The molecule has 10 nitrogen and oxygen atoms in total. The van der Waals surface area contributed by atoms with Gasteiger partial charge in [0.2, 0.25) is 0 Å². The van der Waals surface area contributed by atoms with Gasteiger partial charge in [-0.15, -0.1) is 0 Å². The Balaban J connectivity index is 2.41. The van der Waals surface area contributed by atoms with Crippen molar-refractivity contribution in [2.24, 2.45) is 0 Å². The number of nitrogens with one attached hydrogen (secondary N) is 2. The molecule has 0 saturated heterocycles. The van der Waals surface area contributed by atoms with E-state index in [9.17, 15) is 9.59 Å². The van der Waals surface area contributed by atoms with Crippen LogP contribution in [-0.2, 0) is 41.6 Å². The van der Waals surface area contributed by atoms with Crippen LogP contribution in [0.3, 0.4) is 0 Å². The van der Waals surface area contributed by atoms with Crippen LogP contribution >= 0.6 is 23.5 Å². The summed E-state index contributed by atoms with van der Waals surface area (Å²) in [6, 6.07) is 20.0. The third-order valence-electron chi connectivity index (χ3n) is 8.10. The molecule has 4 atom stereocenters. The molecule has 0 aliphatic rings. The Morgan fingerprint density at radius 1 is 0.615 bits per heavy atom. The first-order valence-corrected chi connectivity index (χ1v) is 28.3. The number of alkyl carbamates (subject to hydrolysis) is 2. The summed E-state index contributed by atoms with van der Waals surface area (Å²) in [5.41, 5.74) is 1.77. The van der Waals surface area contributed by atoms with Gasteiger partial charge in [-0.1, -0.05) is 99.9 Å². The molecule has 2 aromatic rings. The smallest absolute Gasteiger partial charge is 0.407 e. The predicted molar refractivity (Wildman–Crippen MR) is 221 cm³/mol. The summed E-state index contributed by atoms with van der Waals surface area (Å²) in [6.45, 7) is 15.2. The van der Waals surface area contributed by atoms with Gasteiger partial charge in [-0.05, 0) is 60.1 Å². The van der Waals surface area contributed by atoms with Crippen LogP contribution < -0.4 is 10.6 Å². The maximum atomic E-state index is 13.4. The normalized spacial score (nSPS) is 14.2. The van der Waals surface area contributed by atoms with Crippen molar-refractivity contribution in [1.29, 1.82) is 0 Å². The molecule has 0 radical (unpaired) electrons. The Morgan fingerprint density at radius 2 is 0.981 bits per heavy atom.